The first kappa shape index (κ1) is 23.6. The van der Waals surface area contributed by atoms with Crippen molar-refractivity contribution in [3.8, 4) is 23.0 Å². The molecule has 174 valence electrons. The molecule has 1 aliphatic heterocycles. The number of carbonyl (C=O) groups is 3. The highest BCUT2D eigenvalue weighted by molar-refractivity contribution is 6.14. The topological polar surface area (TPSA) is 141 Å². The molecule has 10 heteroatoms. The smallest absolute Gasteiger partial charge is 0.328 e. The van der Waals surface area contributed by atoms with Crippen LogP contribution in [0.15, 0.2) is 42.2 Å². The molecule has 10 nitrogen and oxygen atoms in total. The summed E-state index contributed by atoms with van der Waals surface area (Å²) in [6, 6.07) is 8.17. The van der Waals surface area contributed by atoms with Crippen LogP contribution in [0.4, 0.5) is 0 Å². The van der Waals surface area contributed by atoms with E-state index >= 15 is 0 Å². The van der Waals surface area contributed by atoms with E-state index in [9.17, 15) is 19.5 Å². The van der Waals surface area contributed by atoms with Gasteiger partial charge in [0.1, 0.15) is 11.5 Å². The van der Waals surface area contributed by atoms with Gasteiger partial charge in [-0.2, -0.15) is 0 Å². The normalized spacial score (nSPS) is 15.3. The summed E-state index contributed by atoms with van der Waals surface area (Å²) in [4.78, 5) is 35.7. The van der Waals surface area contributed by atoms with Gasteiger partial charge in [0.05, 0.1) is 25.9 Å². The van der Waals surface area contributed by atoms with Crippen molar-refractivity contribution in [3.63, 3.8) is 0 Å². The van der Waals surface area contributed by atoms with Crippen LogP contribution in [0.5, 0.6) is 23.0 Å². The lowest BCUT2D eigenvalue weighted by molar-refractivity contribution is -0.145. The lowest BCUT2D eigenvalue weighted by atomic mass is 10.1. The number of nitrogens with one attached hydrogen (secondary N) is 1. The lowest BCUT2D eigenvalue weighted by Gasteiger charge is -2.17. The average molecular weight is 457 g/mol. The van der Waals surface area contributed by atoms with E-state index in [0.29, 0.717) is 22.6 Å². The molecule has 0 aromatic heterocycles. The monoisotopic (exact) mass is 457 g/mol. The molecule has 2 aromatic rings. The van der Waals surface area contributed by atoms with Crippen molar-refractivity contribution in [1.82, 2.24) is 5.32 Å². The number of hydrogen-bond donors (Lipinski definition) is 3. The fourth-order valence-electron chi connectivity index (χ4n) is 3.10. The number of aliphatic hydroxyl groups excluding tert-OH is 1. The van der Waals surface area contributed by atoms with Crippen molar-refractivity contribution >= 4 is 23.7 Å². The molecule has 33 heavy (non-hydrogen) atoms. The van der Waals surface area contributed by atoms with E-state index < -0.39 is 30.6 Å². The van der Waals surface area contributed by atoms with E-state index in [1.807, 2.05) is 0 Å². The molecule has 3 N–H and O–H groups in total. The summed E-state index contributed by atoms with van der Waals surface area (Å²) < 4.78 is 21.5. The van der Waals surface area contributed by atoms with Crippen LogP contribution in [0.3, 0.4) is 0 Å². The summed E-state index contributed by atoms with van der Waals surface area (Å²) in [5, 5.41) is 20.6. The van der Waals surface area contributed by atoms with E-state index in [0.717, 1.165) is 0 Å². The van der Waals surface area contributed by atoms with Crippen LogP contribution >= 0.6 is 0 Å². The maximum Gasteiger partial charge on any atom is 0.328 e. The Kier molecular flexibility index (Phi) is 7.19. The molecular weight excluding hydrogens is 434 g/mol. The number of carboxylic acids is 1. The summed E-state index contributed by atoms with van der Waals surface area (Å²) in [6.45, 7) is 0.763. The number of Topliss-reactive ketones (excluding diaryl/α,β-unsaturated/α-hetero) is 1. The number of carbonyl (C=O) groups excluding carboxylic acids is 2. The zero-order valence-electron chi connectivity index (χ0n) is 18.2. The molecule has 1 heterocycles. The van der Waals surface area contributed by atoms with Gasteiger partial charge >= 0.3 is 5.97 Å². The third kappa shape index (κ3) is 5.42. The minimum absolute atomic E-state index is 0.105. The Morgan fingerprint density at radius 3 is 2.48 bits per heavy atom. The molecular formula is C23H23NO9. The molecule has 3 rings (SSSR count). The predicted octanol–water partition coefficient (Wildman–Crippen LogP) is 1.65. The minimum Gasteiger partial charge on any atom is -0.493 e. The van der Waals surface area contributed by atoms with Crippen LogP contribution in [-0.2, 0) is 9.59 Å². The molecule has 0 saturated carbocycles. The van der Waals surface area contributed by atoms with E-state index in [1.54, 1.807) is 24.3 Å². The predicted molar refractivity (Wildman–Crippen MR) is 116 cm³/mol. The Morgan fingerprint density at radius 1 is 1.12 bits per heavy atom. The standard InChI is InChI=1S/C23H23NO9/c1-12(25)21(23(28)29)24-20(26)11-32-14-5-6-15-17(10-14)33-19(22(15)27)9-13-4-7-16(30-2)18(8-13)31-3/h4-10,12,21,25H,11H2,1-3H3,(H,24,26)(H,28,29)/t12-,21-/m0/s1. The Hall–Kier alpha value is -4.05. The lowest BCUT2D eigenvalue weighted by Crippen LogP contribution is -2.49. The molecule has 1 amide bonds. The number of carboxylic acid groups (broad SMARTS) is 1. The first-order valence-electron chi connectivity index (χ1n) is 9.86. The van der Waals surface area contributed by atoms with E-state index in [4.69, 9.17) is 24.1 Å². The van der Waals surface area contributed by atoms with Gasteiger partial charge in [-0.25, -0.2) is 4.79 Å². The Labute approximate surface area is 189 Å². The Balaban J connectivity index is 1.69. The summed E-state index contributed by atoms with van der Waals surface area (Å²) in [5.41, 5.74) is 1.00. The van der Waals surface area contributed by atoms with Crippen molar-refractivity contribution in [2.45, 2.75) is 19.1 Å². The number of rotatable bonds is 9. The van der Waals surface area contributed by atoms with Crippen molar-refractivity contribution in [1.29, 1.82) is 0 Å². The number of methoxy groups -OCH3 is 2. The summed E-state index contributed by atoms with van der Waals surface area (Å²) in [5.74, 6) is -0.741. The molecule has 2 aromatic carbocycles. The number of aliphatic carboxylic acids is 1. The molecule has 0 bridgehead atoms. The van der Waals surface area contributed by atoms with Gasteiger partial charge in [-0.1, -0.05) is 6.07 Å². The molecule has 0 aliphatic carbocycles. The molecule has 0 unspecified atom stereocenters. The van der Waals surface area contributed by atoms with Crippen LogP contribution < -0.4 is 24.3 Å². The van der Waals surface area contributed by atoms with Gasteiger partial charge in [0.15, 0.2) is 29.9 Å². The van der Waals surface area contributed by atoms with Crippen molar-refractivity contribution < 1.29 is 43.5 Å². The second kappa shape index (κ2) is 10.0. The first-order chi connectivity index (χ1) is 15.7. The van der Waals surface area contributed by atoms with Crippen LogP contribution in [-0.4, -0.2) is 60.8 Å². The third-order valence-electron chi connectivity index (χ3n) is 4.78. The van der Waals surface area contributed by atoms with Crippen LogP contribution in [0.1, 0.15) is 22.8 Å². The highest BCUT2D eigenvalue weighted by Gasteiger charge is 2.28. The molecule has 0 radical (unpaired) electrons. The first-order valence-corrected chi connectivity index (χ1v) is 9.86. The fraction of sp³-hybridized carbons (Fsp3) is 0.261. The zero-order valence-corrected chi connectivity index (χ0v) is 18.2. The minimum atomic E-state index is -1.45. The maximum absolute atomic E-state index is 12.7. The second-order valence-corrected chi connectivity index (χ2v) is 7.12. The highest BCUT2D eigenvalue weighted by atomic mass is 16.5. The fourth-order valence-corrected chi connectivity index (χ4v) is 3.10. The molecule has 0 fully saturated rings. The number of fused-ring (bicyclic) bond motifs is 1. The SMILES string of the molecule is COc1ccc(C=C2Oc3cc(OCC(=O)N[C@H](C(=O)O)[C@H](C)O)ccc3C2=O)cc1OC. The van der Waals surface area contributed by atoms with Crippen LogP contribution in [0.25, 0.3) is 6.08 Å². The van der Waals surface area contributed by atoms with Gasteiger partial charge in [0, 0.05) is 6.07 Å². The second-order valence-electron chi connectivity index (χ2n) is 7.12. The third-order valence-corrected chi connectivity index (χ3v) is 4.78. The summed E-state index contributed by atoms with van der Waals surface area (Å²) in [7, 11) is 3.03. The largest absolute Gasteiger partial charge is 0.493 e. The maximum atomic E-state index is 12.7. The zero-order chi connectivity index (χ0) is 24.1. The number of hydrogen-bond acceptors (Lipinski definition) is 8. The van der Waals surface area contributed by atoms with E-state index in [-0.39, 0.29) is 23.0 Å². The quantitative estimate of drug-likeness (QED) is 0.479. The number of allylic oxidation sites excluding steroid dienone is 1. The van der Waals surface area contributed by atoms with Gasteiger partial charge in [0.25, 0.3) is 5.91 Å². The van der Waals surface area contributed by atoms with E-state index in [2.05, 4.69) is 5.32 Å². The summed E-state index contributed by atoms with van der Waals surface area (Å²) >= 11 is 0. The van der Waals surface area contributed by atoms with Crippen molar-refractivity contribution in [2.75, 3.05) is 20.8 Å². The van der Waals surface area contributed by atoms with Crippen LogP contribution in [0.2, 0.25) is 0 Å². The Morgan fingerprint density at radius 2 is 1.85 bits per heavy atom. The molecule has 0 saturated heterocycles. The number of ether oxygens (including phenoxy) is 4. The summed E-state index contributed by atoms with van der Waals surface area (Å²) in [6.07, 6.45) is 0.294. The van der Waals surface area contributed by atoms with Gasteiger partial charge in [-0.3, -0.25) is 9.59 Å². The van der Waals surface area contributed by atoms with Crippen LogP contribution in [0, 0.1) is 0 Å². The molecule has 0 spiro atoms. The van der Waals surface area contributed by atoms with Crippen molar-refractivity contribution in [2.24, 2.45) is 0 Å². The Bertz CT molecular complexity index is 1110. The molecule has 2 atom stereocenters. The number of benzene rings is 2. The number of amides is 1. The molecule has 1 aliphatic rings. The van der Waals surface area contributed by atoms with Crippen molar-refractivity contribution in [3.05, 3.63) is 53.3 Å². The van der Waals surface area contributed by atoms with E-state index in [1.165, 1.54) is 39.3 Å². The van der Waals surface area contributed by atoms with Gasteiger partial charge in [0.2, 0.25) is 5.78 Å². The van der Waals surface area contributed by atoms with Gasteiger partial charge in [-0.05, 0) is 42.8 Å². The number of ketones is 1. The van der Waals surface area contributed by atoms with Gasteiger partial charge in [-0.15, -0.1) is 0 Å². The number of aliphatic hydroxyl groups is 1. The van der Waals surface area contributed by atoms with Gasteiger partial charge < -0.3 is 34.5 Å². The average Bonchev–Trinajstić information content (AvgIpc) is 3.09. The highest BCUT2D eigenvalue weighted by Crippen LogP contribution is 2.36.